The maximum absolute atomic E-state index is 12.6. The molecule has 0 radical (unpaired) electrons. The molecule has 0 spiro atoms. The number of carbonyl (C=O) groups excluding carboxylic acids is 1. The van der Waals surface area contributed by atoms with Crippen LogP contribution in [0.5, 0.6) is 0 Å². The Morgan fingerprint density at radius 3 is 2.57 bits per heavy atom. The average Bonchev–Trinajstić information content (AvgIpc) is 2.72. The van der Waals surface area contributed by atoms with E-state index in [-0.39, 0.29) is 29.9 Å². The van der Waals surface area contributed by atoms with Gasteiger partial charge in [-0.1, -0.05) is 29.8 Å². The van der Waals surface area contributed by atoms with Crippen LogP contribution in [0.1, 0.15) is 23.7 Å². The minimum Gasteiger partial charge on any atom is -0.357 e. The van der Waals surface area contributed by atoms with Crippen LogP contribution in [0.2, 0.25) is 5.02 Å². The number of aliphatic imine (C=N–C) groups is 1. The zero-order valence-corrected chi connectivity index (χ0v) is 20.6. The smallest absolute Gasteiger partial charge is 0.227 e. The molecule has 6 nitrogen and oxygen atoms in total. The van der Waals surface area contributed by atoms with E-state index in [1.54, 1.807) is 6.20 Å². The van der Waals surface area contributed by atoms with Gasteiger partial charge in [-0.15, -0.1) is 24.0 Å². The van der Waals surface area contributed by atoms with Crippen molar-refractivity contribution in [2.24, 2.45) is 4.99 Å². The van der Waals surface area contributed by atoms with Crippen LogP contribution < -0.4 is 5.32 Å². The summed E-state index contributed by atoms with van der Waals surface area (Å²) in [5, 5.41) is 4.02. The molecule has 1 N–H and O–H groups in total. The van der Waals surface area contributed by atoms with E-state index in [9.17, 15) is 4.79 Å². The van der Waals surface area contributed by atoms with Gasteiger partial charge in [0.25, 0.3) is 0 Å². The van der Waals surface area contributed by atoms with Crippen molar-refractivity contribution < 1.29 is 4.79 Å². The highest BCUT2D eigenvalue weighted by Gasteiger charge is 2.23. The second-order valence-corrected chi connectivity index (χ2v) is 7.55. The third-order valence-electron chi connectivity index (χ3n) is 5.01. The summed E-state index contributed by atoms with van der Waals surface area (Å²) in [5.74, 6) is 1.01. The minimum atomic E-state index is 0. The van der Waals surface area contributed by atoms with Crippen LogP contribution in [0.3, 0.4) is 0 Å². The van der Waals surface area contributed by atoms with E-state index in [0.29, 0.717) is 31.1 Å². The topological polar surface area (TPSA) is 60.8 Å². The summed E-state index contributed by atoms with van der Waals surface area (Å²) in [7, 11) is 0. The number of halogens is 2. The Kier molecular flexibility index (Phi) is 9.84. The first-order valence-corrected chi connectivity index (χ1v) is 10.4. The predicted molar refractivity (Wildman–Crippen MR) is 133 cm³/mol. The highest BCUT2D eigenvalue weighted by molar-refractivity contribution is 14.0. The largest absolute Gasteiger partial charge is 0.357 e. The number of carbonyl (C=O) groups is 1. The second kappa shape index (κ2) is 12.1. The van der Waals surface area contributed by atoms with E-state index in [0.717, 1.165) is 42.4 Å². The zero-order chi connectivity index (χ0) is 20.6. The number of hydrogen-bond donors (Lipinski definition) is 1. The number of nitrogens with one attached hydrogen (secondary N) is 1. The van der Waals surface area contributed by atoms with Gasteiger partial charge in [0.1, 0.15) is 0 Å². The summed E-state index contributed by atoms with van der Waals surface area (Å²) in [5.41, 5.74) is 3.08. The lowest BCUT2D eigenvalue weighted by Crippen LogP contribution is -2.54. The third-order valence-corrected chi connectivity index (χ3v) is 5.24. The van der Waals surface area contributed by atoms with Gasteiger partial charge in [0.05, 0.1) is 18.7 Å². The molecule has 2 heterocycles. The van der Waals surface area contributed by atoms with Crippen molar-refractivity contribution >= 4 is 47.4 Å². The van der Waals surface area contributed by atoms with E-state index in [2.05, 4.69) is 35.1 Å². The van der Waals surface area contributed by atoms with Gasteiger partial charge in [-0.05, 0) is 43.2 Å². The normalized spacial score (nSPS) is 14.3. The fraction of sp³-hybridized carbons (Fsp3) is 0.409. The molecule has 1 aliphatic heterocycles. The van der Waals surface area contributed by atoms with Crippen molar-refractivity contribution in [3.05, 3.63) is 64.4 Å². The van der Waals surface area contributed by atoms with E-state index in [1.807, 2.05) is 35.2 Å². The molecule has 1 fully saturated rings. The molecule has 1 saturated heterocycles. The molecule has 1 amide bonds. The average molecular weight is 542 g/mol. The summed E-state index contributed by atoms with van der Waals surface area (Å²) in [6, 6.07) is 11.5. The Morgan fingerprint density at radius 1 is 1.17 bits per heavy atom. The lowest BCUT2D eigenvalue weighted by Gasteiger charge is -2.36. The van der Waals surface area contributed by atoms with Crippen LogP contribution in [0.25, 0.3) is 0 Å². The number of guanidine groups is 1. The molecule has 3 rings (SSSR count). The first kappa shape index (κ1) is 24.4. The molecule has 0 bridgehead atoms. The Labute approximate surface area is 200 Å². The Morgan fingerprint density at radius 2 is 1.90 bits per heavy atom. The van der Waals surface area contributed by atoms with Crippen molar-refractivity contribution in [2.75, 3.05) is 32.7 Å². The number of aromatic nitrogens is 1. The van der Waals surface area contributed by atoms with Gasteiger partial charge in [0, 0.05) is 43.9 Å². The van der Waals surface area contributed by atoms with E-state index >= 15 is 0 Å². The van der Waals surface area contributed by atoms with E-state index in [1.165, 1.54) is 0 Å². The predicted octanol–water partition coefficient (Wildman–Crippen LogP) is 3.51. The number of amides is 1. The molecule has 0 unspecified atom stereocenters. The number of nitrogens with zero attached hydrogens (tertiary/aromatic N) is 4. The van der Waals surface area contributed by atoms with Gasteiger partial charge in [0.2, 0.25) is 5.91 Å². The fourth-order valence-electron chi connectivity index (χ4n) is 3.36. The van der Waals surface area contributed by atoms with Crippen LogP contribution in [0.4, 0.5) is 0 Å². The van der Waals surface area contributed by atoms with Crippen molar-refractivity contribution in [1.82, 2.24) is 20.1 Å². The fourth-order valence-corrected chi connectivity index (χ4v) is 3.57. The van der Waals surface area contributed by atoms with Crippen molar-refractivity contribution in [1.29, 1.82) is 0 Å². The van der Waals surface area contributed by atoms with Gasteiger partial charge >= 0.3 is 0 Å². The number of benzene rings is 1. The Hall–Kier alpha value is -1.87. The summed E-state index contributed by atoms with van der Waals surface area (Å²) in [4.78, 5) is 26.0. The number of aryl methyl sites for hydroxylation is 1. The maximum atomic E-state index is 12.6. The SMILES string of the molecule is CCNC(=NCc1ncccc1C)N1CCN(C(=O)Cc2cccc(Cl)c2)CC1.I. The lowest BCUT2D eigenvalue weighted by atomic mass is 10.1. The zero-order valence-electron chi connectivity index (χ0n) is 17.5. The van der Waals surface area contributed by atoms with Gasteiger partial charge in [-0.2, -0.15) is 0 Å². The maximum Gasteiger partial charge on any atom is 0.227 e. The van der Waals surface area contributed by atoms with Crippen molar-refractivity contribution in [2.45, 2.75) is 26.8 Å². The molecule has 0 aliphatic carbocycles. The van der Waals surface area contributed by atoms with Crippen LogP contribution in [-0.2, 0) is 17.8 Å². The van der Waals surface area contributed by atoms with Gasteiger partial charge < -0.3 is 15.1 Å². The molecule has 30 heavy (non-hydrogen) atoms. The second-order valence-electron chi connectivity index (χ2n) is 7.11. The Balaban J connectivity index is 0.00000320. The third kappa shape index (κ3) is 6.84. The summed E-state index contributed by atoms with van der Waals surface area (Å²) in [6.45, 7) is 8.35. The molecule has 1 aliphatic rings. The van der Waals surface area contributed by atoms with Crippen LogP contribution in [0.15, 0.2) is 47.6 Å². The van der Waals surface area contributed by atoms with E-state index in [4.69, 9.17) is 16.6 Å². The molecule has 1 aromatic heterocycles. The molecular weight excluding hydrogens is 513 g/mol. The highest BCUT2D eigenvalue weighted by Crippen LogP contribution is 2.13. The minimum absolute atomic E-state index is 0. The molecular formula is C22H29ClIN5O. The first-order valence-electron chi connectivity index (χ1n) is 10.0. The number of piperazine rings is 1. The van der Waals surface area contributed by atoms with E-state index < -0.39 is 0 Å². The van der Waals surface area contributed by atoms with Crippen molar-refractivity contribution in [3.8, 4) is 0 Å². The van der Waals surface area contributed by atoms with Gasteiger partial charge in [-0.3, -0.25) is 9.78 Å². The highest BCUT2D eigenvalue weighted by atomic mass is 127. The number of rotatable bonds is 5. The molecule has 162 valence electrons. The van der Waals surface area contributed by atoms with Crippen LogP contribution in [-0.4, -0.2) is 59.4 Å². The summed E-state index contributed by atoms with van der Waals surface area (Å²) < 4.78 is 0. The first-order chi connectivity index (χ1) is 14.1. The molecule has 1 aromatic carbocycles. The molecule has 8 heteroatoms. The quantitative estimate of drug-likeness (QED) is 0.358. The molecule has 2 aromatic rings. The van der Waals surface area contributed by atoms with Crippen molar-refractivity contribution in [3.63, 3.8) is 0 Å². The number of pyridine rings is 1. The molecule has 0 atom stereocenters. The van der Waals surface area contributed by atoms with Crippen LogP contribution >= 0.6 is 35.6 Å². The monoisotopic (exact) mass is 541 g/mol. The molecule has 0 saturated carbocycles. The van der Waals surface area contributed by atoms with Gasteiger partial charge in [0.15, 0.2) is 5.96 Å². The van der Waals surface area contributed by atoms with Gasteiger partial charge in [-0.25, -0.2) is 4.99 Å². The summed E-state index contributed by atoms with van der Waals surface area (Å²) >= 11 is 6.03. The Bertz CT molecular complexity index is 868. The number of hydrogen-bond acceptors (Lipinski definition) is 3. The summed E-state index contributed by atoms with van der Waals surface area (Å²) in [6.07, 6.45) is 2.18. The standard InChI is InChI=1S/C22H28ClN5O.HI/c1-3-24-22(26-16-20-17(2)6-5-9-25-20)28-12-10-27(11-13-28)21(29)15-18-7-4-8-19(23)14-18;/h4-9,14H,3,10-13,15-16H2,1-2H3,(H,24,26);1H. The lowest BCUT2D eigenvalue weighted by molar-refractivity contribution is -0.131. The van der Waals surface area contributed by atoms with Crippen LogP contribution in [0, 0.1) is 6.92 Å².